The van der Waals surface area contributed by atoms with Crippen molar-refractivity contribution in [2.24, 2.45) is 0 Å². The molecule has 18 heavy (non-hydrogen) atoms. The molecule has 1 N–H and O–H groups in total. The number of nitrogens with one attached hydrogen (secondary N) is 1. The summed E-state index contributed by atoms with van der Waals surface area (Å²) in [6.45, 7) is 2.67. The molecule has 1 unspecified atom stereocenters. The van der Waals surface area contributed by atoms with Crippen LogP contribution >= 0.6 is 11.6 Å². The van der Waals surface area contributed by atoms with Gasteiger partial charge in [-0.1, -0.05) is 11.6 Å². The maximum absolute atomic E-state index is 11.6. The highest BCUT2D eigenvalue weighted by Gasteiger charge is 2.13. The maximum Gasteiger partial charge on any atom is 0.339 e. The summed E-state index contributed by atoms with van der Waals surface area (Å²) in [6.07, 6.45) is 0.837. The molecule has 100 valence electrons. The Morgan fingerprint density at radius 3 is 2.78 bits per heavy atom. The smallest absolute Gasteiger partial charge is 0.339 e. The van der Waals surface area contributed by atoms with Crippen LogP contribution in [0.5, 0.6) is 0 Å². The Balaban J connectivity index is 2.85. The van der Waals surface area contributed by atoms with Crippen molar-refractivity contribution in [2.75, 3.05) is 26.1 Å². The van der Waals surface area contributed by atoms with Gasteiger partial charge >= 0.3 is 5.97 Å². The molecule has 5 heteroatoms. The van der Waals surface area contributed by atoms with E-state index in [1.54, 1.807) is 25.3 Å². The third-order valence-corrected chi connectivity index (χ3v) is 2.78. The quantitative estimate of drug-likeness (QED) is 0.808. The molecule has 0 heterocycles. The molecule has 0 aliphatic carbocycles. The first-order chi connectivity index (χ1) is 8.58. The van der Waals surface area contributed by atoms with Gasteiger partial charge in [-0.15, -0.1) is 0 Å². The van der Waals surface area contributed by atoms with E-state index in [9.17, 15) is 4.79 Å². The third kappa shape index (κ3) is 4.20. The Labute approximate surface area is 112 Å². The summed E-state index contributed by atoms with van der Waals surface area (Å²) in [6, 6.07) is 5.21. The van der Waals surface area contributed by atoms with E-state index in [4.69, 9.17) is 21.1 Å². The molecule has 0 fully saturated rings. The zero-order valence-corrected chi connectivity index (χ0v) is 11.6. The lowest BCUT2D eigenvalue weighted by Crippen LogP contribution is -2.19. The standard InChI is InChI=1S/C13H18ClNO3/c1-9(6-7-17-2)15-12-8-10(14)4-5-11(12)13(16)18-3/h4-5,8-9,15H,6-7H2,1-3H3. The molecule has 1 atom stereocenters. The number of halogens is 1. The minimum absolute atomic E-state index is 0.173. The molecule has 1 aromatic carbocycles. The lowest BCUT2D eigenvalue weighted by molar-refractivity contribution is 0.0602. The van der Waals surface area contributed by atoms with Gasteiger partial charge in [-0.2, -0.15) is 0 Å². The number of carbonyl (C=O) groups is 1. The number of hydrogen-bond donors (Lipinski definition) is 1. The van der Waals surface area contributed by atoms with Gasteiger partial charge in [0.15, 0.2) is 0 Å². The van der Waals surface area contributed by atoms with Crippen molar-refractivity contribution in [1.82, 2.24) is 0 Å². The average molecular weight is 272 g/mol. The van der Waals surface area contributed by atoms with E-state index in [-0.39, 0.29) is 12.0 Å². The summed E-state index contributed by atoms with van der Waals surface area (Å²) in [5.74, 6) is -0.381. The van der Waals surface area contributed by atoms with Crippen LogP contribution in [0.15, 0.2) is 18.2 Å². The SMILES string of the molecule is COCCC(C)Nc1cc(Cl)ccc1C(=O)OC. The number of ether oxygens (including phenoxy) is 2. The van der Waals surface area contributed by atoms with Crippen LogP contribution in [0.2, 0.25) is 5.02 Å². The van der Waals surface area contributed by atoms with Crippen molar-refractivity contribution in [3.05, 3.63) is 28.8 Å². The van der Waals surface area contributed by atoms with Crippen molar-refractivity contribution in [1.29, 1.82) is 0 Å². The summed E-state index contributed by atoms with van der Waals surface area (Å²) in [5, 5.41) is 3.81. The minimum atomic E-state index is -0.381. The lowest BCUT2D eigenvalue weighted by Gasteiger charge is -2.17. The monoisotopic (exact) mass is 271 g/mol. The second kappa shape index (κ2) is 7.24. The summed E-state index contributed by atoms with van der Waals surface area (Å²) in [5.41, 5.74) is 1.16. The molecule has 0 saturated carbocycles. The van der Waals surface area contributed by atoms with Crippen molar-refractivity contribution in [2.45, 2.75) is 19.4 Å². The van der Waals surface area contributed by atoms with E-state index in [1.807, 2.05) is 6.92 Å². The highest BCUT2D eigenvalue weighted by molar-refractivity contribution is 6.31. The molecule has 1 rings (SSSR count). The summed E-state index contributed by atoms with van der Waals surface area (Å²) in [7, 11) is 3.01. The zero-order chi connectivity index (χ0) is 13.5. The van der Waals surface area contributed by atoms with Crippen LogP contribution in [-0.4, -0.2) is 32.8 Å². The number of esters is 1. The van der Waals surface area contributed by atoms with Gasteiger partial charge in [-0.3, -0.25) is 0 Å². The van der Waals surface area contributed by atoms with Crippen molar-refractivity contribution in [3.63, 3.8) is 0 Å². The van der Waals surface area contributed by atoms with E-state index < -0.39 is 0 Å². The highest BCUT2D eigenvalue weighted by atomic mass is 35.5. The van der Waals surface area contributed by atoms with Gasteiger partial charge in [0.05, 0.1) is 18.4 Å². The predicted octanol–water partition coefficient (Wildman–Crippen LogP) is 2.96. The molecule has 1 aromatic rings. The van der Waals surface area contributed by atoms with Gasteiger partial charge < -0.3 is 14.8 Å². The summed E-state index contributed by atoms with van der Waals surface area (Å²) < 4.78 is 9.75. The van der Waals surface area contributed by atoms with Crippen LogP contribution in [0, 0.1) is 0 Å². The second-order valence-corrected chi connectivity index (χ2v) is 4.44. The van der Waals surface area contributed by atoms with Gasteiger partial charge in [0.2, 0.25) is 0 Å². The van der Waals surface area contributed by atoms with Gasteiger partial charge in [-0.25, -0.2) is 4.79 Å². The van der Waals surface area contributed by atoms with Gasteiger partial charge in [0.1, 0.15) is 0 Å². The molecule has 0 aliphatic heterocycles. The average Bonchev–Trinajstić information content (AvgIpc) is 2.35. The fourth-order valence-electron chi connectivity index (χ4n) is 1.56. The zero-order valence-electron chi connectivity index (χ0n) is 10.8. The fourth-order valence-corrected chi connectivity index (χ4v) is 1.73. The molecule has 0 amide bonds. The summed E-state index contributed by atoms with van der Waals surface area (Å²) in [4.78, 5) is 11.6. The van der Waals surface area contributed by atoms with E-state index in [2.05, 4.69) is 5.32 Å². The first kappa shape index (κ1) is 14.8. The van der Waals surface area contributed by atoms with E-state index in [0.717, 1.165) is 6.42 Å². The molecule has 0 spiro atoms. The highest BCUT2D eigenvalue weighted by Crippen LogP contribution is 2.23. The Morgan fingerprint density at radius 2 is 2.17 bits per heavy atom. The third-order valence-electron chi connectivity index (χ3n) is 2.54. The van der Waals surface area contributed by atoms with Crippen molar-refractivity contribution >= 4 is 23.3 Å². The number of carbonyl (C=O) groups excluding carboxylic acids is 1. The van der Waals surface area contributed by atoms with Crippen LogP contribution < -0.4 is 5.32 Å². The molecule has 0 saturated heterocycles. The number of rotatable bonds is 6. The van der Waals surface area contributed by atoms with Crippen LogP contribution in [0.25, 0.3) is 0 Å². The van der Waals surface area contributed by atoms with Crippen LogP contribution in [0.3, 0.4) is 0 Å². The Hall–Kier alpha value is -1.26. The van der Waals surface area contributed by atoms with E-state index >= 15 is 0 Å². The van der Waals surface area contributed by atoms with Crippen LogP contribution in [-0.2, 0) is 9.47 Å². The number of methoxy groups -OCH3 is 2. The van der Waals surface area contributed by atoms with Crippen LogP contribution in [0.4, 0.5) is 5.69 Å². The van der Waals surface area contributed by atoms with E-state index in [0.29, 0.717) is 22.9 Å². The van der Waals surface area contributed by atoms with Crippen molar-refractivity contribution < 1.29 is 14.3 Å². The molecular weight excluding hydrogens is 254 g/mol. The maximum atomic E-state index is 11.6. The largest absolute Gasteiger partial charge is 0.465 e. The van der Waals surface area contributed by atoms with Crippen molar-refractivity contribution in [3.8, 4) is 0 Å². The molecule has 0 bridgehead atoms. The normalized spacial score (nSPS) is 12.0. The number of anilines is 1. The Bertz CT molecular complexity index is 409. The number of hydrogen-bond acceptors (Lipinski definition) is 4. The molecular formula is C13H18ClNO3. The summed E-state index contributed by atoms with van der Waals surface area (Å²) >= 11 is 5.94. The van der Waals surface area contributed by atoms with Gasteiger partial charge in [0, 0.05) is 24.8 Å². The van der Waals surface area contributed by atoms with Crippen LogP contribution in [0.1, 0.15) is 23.7 Å². The lowest BCUT2D eigenvalue weighted by atomic mass is 10.1. The molecule has 0 aromatic heterocycles. The molecule has 0 radical (unpaired) electrons. The minimum Gasteiger partial charge on any atom is -0.465 e. The second-order valence-electron chi connectivity index (χ2n) is 4.01. The number of benzene rings is 1. The fraction of sp³-hybridized carbons (Fsp3) is 0.462. The molecule has 0 aliphatic rings. The van der Waals surface area contributed by atoms with E-state index in [1.165, 1.54) is 7.11 Å². The first-order valence-electron chi connectivity index (χ1n) is 5.71. The Morgan fingerprint density at radius 1 is 1.44 bits per heavy atom. The predicted molar refractivity (Wildman–Crippen MR) is 72.4 cm³/mol. The Kier molecular flexibility index (Phi) is 5.95. The molecule has 4 nitrogen and oxygen atoms in total. The first-order valence-corrected chi connectivity index (χ1v) is 6.09. The van der Waals surface area contributed by atoms with Gasteiger partial charge in [-0.05, 0) is 31.5 Å². The van der Waals surface area contributed by atoms with Gasteiger partial charge in [0.25, 0.3) is 0 Å². The topological polar surface area (TPSA) is 47.6 Å².